The molecule has 0 radical (unpaired) electrons. The molecule has 0 aromatic rings. The lowest BCUT2D eigenvalue weighted by atomic mass is 9.46. The van der Waals surface area contributed by atoms with Crippen molar-refractivity contribution in [2.45, 2.75) is 84.2 Å². The third kappa shape index (κ3) is 3.34. The topological polar surface area (TPSA) is 62.2 Å². The minimum absolute atomic E-state index is 0.154. The maximum atomic E-state index is 14.1. The molecule has 0 aromatic heterocycles. The molecule has 1 aliphatic heterocycles. The van der Waals surface area contributed by atoms with Gasteiger partial charge in [-0.05, 0) is 108 Å². The van der Waals surface area contributed by atoms with Crippen LogP contribution in [-0.4, -0.2) is 66.8 Å². The van der Waals surface area contributed by atoms with E-state index in [1.165, 1.54) is 5.57 Å². The Morgan fingerprint density at radius 1 is 1.09 bits per heavy atom. The van der Waals surface area contributed by atoms with Crippen LogP contribution in [0.3, 0.4) is 0 Å². The van der Waals surface area contributed by atoms with Gasteiger partial charge in [-0.15, -0.1) is 0 Å². The van der Waals surface area contributed by atoms with Gasteiger partial charge in [0.1, 0.15) is 0 Å². The molecule has 5 aliphatic rings. The summed E-state index contributed by atoms with van der Waals surface area (Å²) in [6, 6.07) is 0.557. The number of amides is 1. The lowest BCUT2D eigenvalue weighted by Gasteiger charge is -2.58. The average molecular weight is 470 g/mol. The number of fused-ring (bicyclic) bond motifs is 6. The fourth-order valence-electron chi connectivity index (χ4n) is 8.63. The summed E-state index contributed by atoms with van der Waals surface area (Å²) in [6.07, 6.45) is 10.8. The summed E-state index contributed by atoms with van der Waals surface area (Å²) in [4.78, 5) is 34.9. The quantitative estimate of drug-likeness (QED) is 0.597. The Balaban J connectivity index is 1.43. The monoisotopic (exact) mass is 469 g/mol. The first-order chi connectivity index (χ1) is 16.2. The van der Waals surface area contributed by atoms with Crippen LogP contribution in [-0.2, 0) is 14.3 Å². The summed E-state index contributed by atoms with van der Waals surface area (Å²) in [5.74, 6) is 2.20. The molecule has 3 saturated carbocycles. The smallest absolute Gasteiger partial charge is 0.295 e. The van der Waals surface area contributed by atoms with Gasteiger partial charge in [0.15, 0.2) is 11.4 Å². The van der Waals surface area contributed by atoms with Gasteiger partial charge in [-0.25, -0.2) is 4.99 Å². The second kappa shape index (κ2) is 8.46. The standard InChI is InChI=1S/C28H43N3O3/c1-6-29-25-31(17-7-16-30(4)5)24(33)28(34-25)15-12-23-21-9-8-19-18-20(32)10-13-26(19,2)22(21)11-14-27(23,28)3/h18,21-23H,6-17H2,1-5H3/t21-,22+,23+,26+,27+,28+/m1/s1. The number of rotatable bonds is 5. The molecule has 6 nitrogen and oxygen atoms in total. The molecule has 6 atom stereocenters. The number of ketones is 1. The van der Waals surface area contributed by atoms with Crippen LogP contribution in [0.4, 0.5) is 0 Å². The van der Waals surface area contributed by atoms with Crippen molar-refractivity contribution in [3.63, 3.8) is 0 Å². The molecular formula is C28H43N3O3. The van der Waals surface area contributed by atoms with Crippen molar-refractivity contribution in [3.05, 3.63) is 11.6 Å². The zero-order chi connectivity index (χ0) is 24.3. The van der Waals surface area contributed by atoms with E-state index < -0.39 is 5.60 Å². The van der Waals surface area contributed by atoms with E-state index >= 15 is 0 Å². The normalized spacial score (nSPS) is 42.6. The molecular weight excluding hydrogens is 426 g/mol. The van der Waals surface area contributed by atoms with E-state index in [0.717, 1.165) is 57.9 Å². The molecule has 6 heteroatoms. The lowest BCUT2D eigenvalue weighted by molar-refractivity contribution is -0.155. The molecule has 0 N–H and O–H groups in total. The van der Waals surface area contributed by atoms with Crippen molar-refractivity contribution in [1.82, 2.24) is 9.80 Å². The zero-order valence-corrected chi connectivity index (χ0v) is 21.9. The minimum atomic E-state index is -0.756. The van der Waals surface area contributed by atoms with E-state index in [1.807, 2.05) is 17.9 Å². The number of ether oxygens (including phenoxy) is 1. The van der Waals surface area contributed by atoms with E-state index in [-0.39, 0.29) is 16.7 Å². The third-order valence-electron chi connectivity index (χ3n) is 10.4. The minimum Gasteiger partial charge on any atom is -0.447 e. The van der Waals surface area contributed by atoms with Crippen LogP contribution in [0.2, 0.25) is 0 Å². The Morgan fingerprint density at radius 2 is 1.85 bits per heavy atom. The van der Waals surface area contributed by atoms with E-state index in [2.05, 4.69) is 37.8 Å². The van der Waals surface area contributed by atoms with Crippen LogP contribution in [0, 0.1) is 28.6 Å². The largest absolute Gasteiger partial charge is 0.447 e. The van der Waals surface area contributed by atoms with Gasteiger partial charge in [-0.1, -0.05) is 19.4 Å². The molecule has 1 heterocycles. The number of hydrogen-bond donors (Lipinski definition) is 0. The molecule has 1 spiro atoms. The lowest BCUT2D eigenvalue weighted by Crippen LogP contribution is -2.57. The summed E-state index contributed by atoms with van der Waals surface area (Å²) in [5.41, 5.74) is 0.646. The maximum Gasteiger partial charge on any atom is 0.295 e. The number of aliphatic imine (C=N–C) groups is 1. The highest BCUT2D eigenvalue weighted by atomic mass is 16.6. The fraction of sp³-hybridized carbons (Fsp3) is 0.821. The van der Waals surface area contributed by atoms with Crippen molar-refractivity contribution in [2.24, 2.45) is 33.6 Å². The number of allylic oxidation sites excluding steroid dienone is 1. The Hall–Kier alpha value is -1.69. The van der Waals surface area contributed by atoms with Gasteiger partial charge in [-0.2, -0.15) is 0 Å². The molecule has 0 bridgehead atoms. The van der Waals surface area contributed by atoms with Crippen LogP contribution in [0.25, 0.3) is 0 Å². The van der Waals surface area contributed by atoms with Crippen LogP contribution in [0.15, 0.2) is 16.6 Å². The van der Waals surface area contributed by atoms with E-state index in [4.69, 9.17) is 4.74 Å². The Kier molecular flexibility index (Phi) is 5.98. The van der Waals surface area contributed by atoms with Gasteiger partial charge in [0, 0.05) is 24.9 Å². The number of hydrogen-bond acceptors (Lipinski definition) is 5. The summed E-state index contributed by atoms with van der Waals surface area (Å²) in [7, 11) is 4.14. The average Bonchev–Trinajstić information content (AvgIpc) is 3.23. The van der Waals surface area contributed by atoms with Gasteiger partial charge in [-0.3, -0.25) is 14.5 Å². The molecule has 188 valence electrons. The Morgan fingerprint density at radius 3 is 2.59 bits per heavy atom. The number of carbonyl (C=O) groups is 2. The zero-order valence-electron chi connectivity index (χ0n) is 21.9. The van der Waals surface area contributed by atoms with Gasteiger partial charge >= 0.3 is 0 Å². The van der Waals surface area contributed by atoms with E-state index in [0.29, 0.717) is 49.1 Å². The maximum absolute atomic E-state index is 14.1. The predicted molar refractivity (Wildman–Crippen MR) is 133 cm³/mol. The molecule has 0 unspecified atom stereocenters. The molecule has 34 heavy (non-hydrogen) atoms. The van der Waals surface area contributed by atoms with Crippen LogP contribution < -0.4 is 0 Å². The summed E-state index contributed by atoms with van der Waals surface area (Å²) < 4.78 is 6.69. The second-order valence-electron chi connectivity index (χ2n) is 12.3. The highest BCUT2D eigenvalue weighted by Crippen LogP contribution is 2.69. The number of carbonyl (C=O) groups excluding carboxylic acids is 2. The van der Waals surface area contributed by atoms with Crippen molar-refractivity contribution in [2.75, 3.05) is 33.7 Å². The molecule has 1 saturated heterocycles. The Bertz CT molecular complexity index is 926. The van der Waals surface area contributed by atoms with Gasteiger partial charge in [0.05, 0.1) is 0 Å². The molecule has 0 aromatic carbocycles. The predicted octanol–water partition coefficient (Wildman–Crippen LogP) is 4.44. The SMILES string of the molecule is CCN=C1O[C@@]2(CC[C@H]3[C@@H]4CCC5=CC(=O)CC[C@]5(C)[C@H]4CC[C@@]32C)C(=O)N1CCCN(C)C. The molecule has 5 rings (SSSR count). The highest BCUT2D eigenvalue weighted by Gasteiger charge is 2.71. The van der Waals surface area contributed by atoms with Gasteiger partial charge in [0.2, 0.25) is 0 Å². The molecule has 4 fully saturated rings. The van der Waals surface area contributed by atoms with Crippen molar-refractivity contribution in [1.29, 1.82) is 0 Å². The third-order valence-corrected chi connectivity index (χ3v) is 10.4. The fourth-order valence-corrected chi connectivity index (χ4v) is 8.63. The second-order valence-corrected chi connectivity index (χ2v) is 12.3. The number of amidine groups is 1. The van der Waals surface area contributed by atoms with Crippen molar-refractivity contribution < 1.29 is 14.3 Å². The van der Waals surface area contributed by atoms with E-state index in [1.54, 1.807) is 0 Å². The summed E-state index contributed by atoms with van der Waals surface area (Å²) in [6.45, 7) is 9.02. The van der Waals surface area contributed by atoms with Crippen molar-refractivity contribution >= 4 is 17.7 Å². The van der Waals surface area contributed by atoms with Gasteiger partial charge < -0.3 is 9.64 Å². The molecule has 4 aliphatic carbocycles. The van der Waals surface area contributed by atoms with Crippen molar-refractivity contribution in [3.8, 4) is 0 Å². The first-order valence-electron chi connectivity index (χ1n) is 13.6. The van der Waals surface area contributed by atoms with Gasteiger partial charge in [0.25, 0.3) is 11.9 Å². The first-order valence-corrected chi connectivity index (χ1v) is 13.6. The first kappa shape index (κ1) is 24.0. The van der Waals surface area contributed by atoms with Crippen LogP contribution in [0.5, 0.6) is 0 Å². The van der Waals surface area contributed by atoms with Crippen LogP contribution >= 0.6 is 0 Å². The van der Waals surface area contributed by atoms with E-state index in [9.17, 15) is 9.59 Å². The summed E-state index contributed by atoms with van der Waals surface area (Å²) in [5, 5.41) is 0. The van der Waals surface area contributed by atoms with Crippen LogP contribution in [0.1, 0.15) is 78.6 Å². The Labute approximate surface area is 205 Å². The number of nitrogens with zero attached hydrogens (tertiary/aromatic N) is 3. The highest BCUT2D eigenvalue weighted by molar-refractivity contribution is 6.05. The summed E-state index contributed by atoms with van der Waals surface area (Å²) >= 11 is 0. The molecule has 1 amide bonds.